The highest BCUT2D eigenvalue weighted by atomic mass is 16.2. The van der Waals surface area contributed by atoms with E-state index < -0.39 is 0 Å². The van der Waals surface area contributed by atoms with Gasteiger partial charge in [-0.25, -0.2) is 0 Å². The van der Waals surface area contributed by atoms with Gasteiger partial charge in [0.1, 0.15) is 0 Å². The zero-order valence-corrected chi connectivity index (χ0v) is 15.0. The van der Waals surface area contributed by atoms with Crippen LogP contribution in [-0.4, -0.2) is 29.8 Å². The molecular formula is C21H26N2O2. The van der Waals surface area contributed by atoms with Crippen molar-refractivity contribution in [2.75, 3.05) is 18.4 Å². The summed E-state index contributed by atoms with van der Waals surface area (Å²) in [5.41, 5.74) is 3.23. The van der Waals surface area contributed by atoms with Gasteiger partial charge in [0.25, 0.3) is 0 Å². The molecule has 132 valence electrons. The molecule has 1 N–H and O–H groups in total. The van der Waals surface area contributed by atoms with Crippen molar-refractivity contribution in [2.45, 2.75) is 33.1 Å². The third-order valence-electron chi connectivity index (χ3n) is 4.16. The van der Waals surface area contributed by atoms with Gasteiger partial charge >= 0.3 is 0 Å². The molecular weight excluding hydrogens is 312 g/mol. The number of aryl methyl sites for hydroxylation is 2. The fourth-order valence-corrected chi connectivity index (χ4v) is 2.66. The Kier molecular flexibility index (Phi) is 7.20. The average molecular weight is 338 g/mol. The normalized spacial score (nSPS) is 10.3. The summed E-state index contributed by atoms with van der Waals surface area (Å²) in [5, 5.41) is 2.85. The second-order valence-electron chi connectivity index (χ2n) is 6.13. The zero-order valence-electron chi connectivity index (χ0n) is 15.0. The maximum atomic E-state index is 12.2. The molecule has 4 nitrogen and oxygen atoms in total. The van der Waals surface area contributed by atoms with E-state index >= 15 is 0 Å². The van der Waals surface area contributed by atoms with Gasteiger partial charge in [0.15, 0.2) is 0 Å². The number of benzene rings is 2. The Bertz CT molecular complexity index is 681. The van der Waals surface area contributed by atoms with Crippen molar-refractivity contribution in [3.63, 3.8) is 0 Å². The molecule has 0 atom stereocenters. The van der Waals surface area contributed by atoms with Crippen LogP contribution in [0.5, 0.6) is 0 Å². The molecule has 0 radical (unpaired) electrons. The first-order chi connectivity index (χ1) is 12.1. The molecule has 0 bridgehead atoms. The van der Waals surface area contributed by atoms with E-state index in [0.29, 0.717) is 6.54 Å². The van der Waals surface area contributed by atoms with Crippen molar-refractivity contribution in [3.05, 3.63) is 65.7 Å². The Morgan fingerprint density at radius 2 is 1.64 bits per heavy atom. The molecule has 0 saturated carbocycles. The van der Waals surface area contributed by atoms with Crippen LogP contribution in [0.15, 0.2) is 54.6 Å². The summed E-state index contributed by atoms with van der Waals surface area (Å²) < 4.78 is 0. The van der Waals surface area contributed by atoms with Crippen LogP contribution in [0.2, 0.25) is 0 Å². The first kappa shape index (κ1) is 18.7. The average Bonchev–Trinajstić information content (AvgIpc) is 2.62. The lowest BCUT2D eigenvalue weighted by atomic mass is 10.1. The molecule has 0 saturated heterocycles. The Morgan fingerprint density at radius 1 is 0.960 bits per heavy atom. The molecule has 0 heterocycles. The summed E-state index contributed by atoms with van der Waals surface area (Å²) >= 11 is 0. The lowest BCUT2D eigenvalue weighted by Crippen LogP contribution is -2.37. The molecule has 2 aromatic carbocycles. The van der Waals surface area contributed by atoms with Crippen LogP contribution in [0.4, 0.5) is 5.69 Å². The van der Waals surface area contributed by atoms with Crippen LogP contribution in [0.3, 0.4) is 0 Å². The highest BCUT2D eigenvalue weighted by Crippen LogP contribution is 2.10. The first-order valence-electron chi connectivity index (χ1n) is 8.76. The van der Waals surface area contributed by atoms with Gasteiger partial charge in [-0.2, -0.15) is 0 Å². The van der Waals surface area contributed by atoms with Crippen molar-refractivity contribution >= 4 is 17.5 Å². The quantitative estimate of drug-likeness (QED) is 0.798. The van der Waals surface area contributed by atoms with E-state index in [0.717, 1.165) is 24.9 Å². The van der Waals surface area contributed by atoms with E-state index in [1.165, 1.54) is 18.1 Å². The number of carbonyl (C=O) groups is 2. The summed E-state index contributed by atoms with van der Waals surface area (Å²) in [4.78, 5) is 25.6. The van der Waals surface area contributed by atoms with Crippen LogP contribution >= 0.6 is 0 Å². The van der Waals surface area contributed by atoms with Gasteiger partial charge in [-0.15, -0.1) is 0 Å². The maximum Gasteiger partial charge on any atom is 0.243 e. The van der Waals surface area contributed by atoms with Gasteiger partial charge < -0.3 is 10.2 Å². The van der Waals surface area contributed by atoms with Crippen LogP contribution in [-0.2, 0) is 22.4 Å². The van der Waals surface area contributed by atoms with Crippen molar-refractivity contribution in [1.82, 2.24) is 4.90 Å². The minimum Gasteiger partial charge on any atom is -0.334 e. The number of hydrogen-bond acceptors (Lipinski definition) is 2. The predicted octanol–water partition coefficient (Wildman–Crippen LogP) is 3.67. The number of amides is 2. The first-order valence-corrected chi connectivity index (χ1v) is 8.76. The van der Waals surface area contributed by atoms with Crippen molar-refractivity contribution in [1.29, 1.82) is 0 Å². The topological polar surface area (TPSA) is 49.4 Å². The fraction of sp³-hybridized carbons (Fsp3) is 0.333. The summed E-state index contributed by atoms with van der Waals surface area (Å²) in [6.45, 7) is 4.26. The fourth-order valence-electron chi connectivity index (χ4n) is 2.66. The summed E-state index contributed by atoms with van der Waals surface area (Å²) in [7, 11) is 0. The van der Waals surface area contributed by atoms with Gasteiger partial charge in [-0.05, 0) is 42.5 Å². The Hall–Kier alpha value is -2.62. The largest absolute Gasteiger partial charge is 0.334 e. The number of nitrogens with zero attached hydrogens (tertiary/aromatic N) is 1. The molecule has 4 heteroatoms. The number of anilines is 1. The molecule has 0 aliphatic rings. The molecule has 0 aliphatic heterocycles. The van der Waals surface area contributed by atoms with Crippen molar-refractivity contribution < 1.29 is 9.59 Å². The Labute approximate surface area is 149 Å². The van der Waals surface area contributed by atoms with Gasteiger partial charge in [0.2, 0.25) is 11.8 Å². The molecule has 2 amide bonds. The standard InChI is InChI=1S/C21H26N2O2/c1-3-18-11-13-20(14-12-18)22-21(25)16-23(17(2)24)15-7-10-19-8-5-4-6-9-19/h4-6,8-9,11-14H,3,7,10,15-16H2,1-2H3,(H,22,25). The minimum absolute atomic E-state index is 0.0791. The zero-order chi connectivity index (χ0) is 18.1. The Morgan fingerprint density at radius 3 is 2.24 bits per heavy atom. The molecule has 0 aliphatic carbocycles. The summed E-state index contributed by atoms with van der Waals surface area (Å²) in [6, 6.07) is 17.9. The van der Waals surface area contributed by atoms with Crippen molar-refractivity contribution in [3.8, 4) is 0 Å². The van der Waals surface area contributed by atoms with Crippen LogP contribution in [0, 0.1) is 0 Å². The van der Waals surface area contributed by atoms with E-state index in [2.05, 4.69) is 24.4 Å². The highest BCUT2D eigenvalue weighted by Gasteiger charge is 2.13. The molecule has 25 heavy (non-hydrogen) atoms. The second-order valence-corrected chi connectivity index (χ2v) is 6.13. The Balaban J connectivity index is 1.82. The lowest BCUT2D eigenvalue weighted by Gasteiger charge is -2.20. The molecule has 2 aromatic rings. The second kappa shape index (κ2) is 9.62. The molecule has 0 fully saturated rings. The van der Waals surface area contributed by atoms with E-state index in [1.54, 1.807) is 4.90 Å². The smallest absolute Gasteiger partial charge is 0.243 e. The number of hydrogen-bond donors (Lipinski definition) is 1. The van der Waals surface area contributed by atoms with Crippen LogP contribution < -0.4 is 5.32 Å². The third-order valence-corrected chi connectivity index (χ3v) is 4.16. The molecule has 2 rings (SSSR count). The number of rotatable bonds is 8. The highest BCUT2D eigenvalue weighted by molar-refractivity contribution is 5.94. The number of nitrogens with one attached hydrogen (secondary N) is 1. The maximum absolute atomic E-state index is 12.2. The summed E-state index contributed by atoms with van der Waals surface area (Å²) in [6.07, 6.45) is 2.69. The van der Waals surface area contributed by atoms with Gasteiger partial charge in [-0.1, -0.05) is 49.4 Å². The molecule has 0 unspecified atom stereocenters. The minimum atomic E-state index is -0.167. The lowest BCUT2D eigenvalue weighted by molar-refractivity contribution is -0.132. The molecule has 0 aromatic heterocycles. The SMILES string of the molecule is CCc1ccc(NC(=O)CN(CCCc2ccccc2)C(C)=O)cc1. The van der Waals surface area contributed by atoms with Crippen LogP contribution in [0.25, 0.3) is 0 Å². The molecule has 0 spiro atoms. The summed E-state index contributed by atoms with van der Waals surface area (Å²) in [5.74, 6) is -0.247. The van der Waals surface area contributed by atoms with Gasteiger partial charge in [-0.3, -0.25) is 9.59 Å². The van der Waals surface area contributed by atoms with E-state index in [1.807, 2.05) is 42.5 Å². The van der Waals surface area contributed by atoms with E-state index in [-0.39, 0.29) is 18.4 Å². The van der Waals surface area contributed by atoms with Gasteiger partial charge in [0, 0.05) is 19.2 Å². The predicted molar refractivity (Wildman–Crippen MR) is 101 cm³/mol. The van der Waals surface area contributed by atoms with Crippen LogP contribution in [0.1, 0.15) is 31.4 Å². The van der Waals surface area contributed by atoms with Crippen molar-refractivity contribution in [2.24, 2.45) is 0 Å². The number of carbonyl (C=O) groups excluding carboxylic acids is 2. The monoisotopic (exact) mass is 338 g/mol. The third kappa shape index (κ3) is 6.42. The van der Waals surface area contributed by atoms with E-state index in [4.69, 9.17) is 0 Å². The van der Waals surface area contributed by atoms with Gasteiger partial charge in [0.05, 0.1) is 6.54 Å². The van der Waals surface area contributed by atoms with E-state index in [9.17, 15) is 9.59 Å².